The smallest absolute Gasteiger partial charge is 0.0222 e. The molecule has 0 nitrogen and oxygen atoms in total. The first kappa shape index (κ1) is 6.09. The fourth-order valence-electron chi connectivity index (χ4n) is 0.0962. The van der Waals surface area contributed by atoms with Crippen LogP contribution in [0.5, 0.6) is 0 Å². The van der Waals surface area contributed by atoms with Crippen LogP contribution in [0.3, 0.4) is 0 Å². The normalized spacial score (nSPS) is 13.7. The van der Waals surface area contributed by atoms with E-state index in [0.29, 0.717) is 5.25 Å². The minimum Gasteiger partial charge on any atom is -0.158 e. The highest BCUT2D eigenvalue weighted by Crippen LogP contribution is 2.02. The van der Waals surface area contributed by atoms with Crippen molar-refractivity contribution in [1.82, 2.24) is 0 Å². The van der Waals surface area contributed by atoms with Crippen molar-refractivity contribution in [2.45, 2.75) is 5.25 Å². The van der Waals surface area contributed by atoms with Gasteiger partial charge in [0.2, 0.25) is 0 Å². The molecular formula is C5H9S. The van der Waals surface area contributed by atoms with Gasteiger partial charge in [-0.15, -0.1) is 6.58 Å². The highest BCUT2D eigenvalue weighted by molar-refractivity contribution is 7.99. The fraction of sp³-hybridized carbons (Fsp3) is 0.400. The third kappa shape index (κ3) is 2.33. The maximum absolute atomic E-state index is 3.72. The van der Waals surface area contributed by atoms with Crippen molar-refractivity contribution in [2.75, 3.05) is 6.26 Å². The number of thioether (sulfide) groups is 1. The zero-order valence-corrected chi connectivity index (χ0v) is 4.79. The Kier molecular flexibility index (Phi) is 3.34. The molecule has 0 saturated carbocycles. The number of hydrogen-bond acceptors (Lipinski definition) is 1. The lowest BCUT2D eigenvalue weighted by molar-refractivity contribution is 1.44. The Morgan fingerprint density at radius 3 is 2.33 bits per heavy atom. The molecule has 0 aromatic heterocycles. The van der Waals surface area contributed by atoms with E-state index in [9.17, 15) is 0 Å². The first-order chi connectivity index (χ1) is 2.81. The molecule has 1 unspecified atom stereocenters. The van der Waals surface area contributed by atoms with Gasteiger partial charge in [0.25, 0.3) is 0 Å². The lowest BCUT2D eigenvalue weighted by Crippen LogP contribution is -1.83. The van der Waals surface area contributed by atoms with Gasteiger partial charge in [-0.2, -0.15) is 11.8 Å². The minimum atomic E-state index is 0.366. The maximum atomic E-state index is 3.72. The van der Waals surface area contributed by atoms with Gasteiger partial charge >= 0.3 is 0 Å². The first-order valence-corrected chi connectivity index (χ1v) is 3.08. The third-order valence-corrected chi connectivity index (χ3v) is 1.36. The molecule has 1 heteroatoms. The minimum absolute atomic E-state index is 0.366. The van der Waals surface area contributed by atoms with Crippen LogP contribution in [-0.4, -0.2) is 11.5 Å². The molecule has 0 aromatic rings. The van der Waals surface area contributed by atoms with Gasteiger partial charge in [-0.25, -0.2) is 0 Å². The van der Waals surface area contributed by atoms with Crippen molar-refractivity contribution < 1.29 is 0 Å². The summed E-state index contributed by atoms with van der Waals surface area (Å²) in [6, 6.07) is 0. The van der Waals surface area contributed by atoms with E-state index in [4.69, 9.17) is 0 Å². The maximum Gasteiger partial charge on any atom is 0.0222 e. The Labute approximate surface area is 43.6 Å². The van der Waals surface area contributed by atoms with E-state index in [1.165, 1.54) is 0 Å². The van der Waals surface area contributed by atoms with Crippen LogP contribution in [0.15, 0.2) is 12.7 Å². The average Bonchev–Trinajstić information content (AvgIpc) is 1.65. The van der Waals surface area contributed by atoms with Gasteiger partial charge in [0.05, 0.1) is 0 Å². The summed E-state index contributed by atoms with van der Waals surface area (Å²) in [4.78, 5) is 0. The van der Waals surface area contributed by atoms with E-state index < -0.39 is 0 Å². The molecule has 0 heterocycles. The zero-order valence-electron chi connectivity index (χ0n) is 3.98. The van der Waals surface area contributed by atoms with Crippen LogP contribution in [0, 0.1) is 6.92 Å². The average molecular weight is 101 g/mol. The lowest BCUT2D eigenvalue weighted by atomic mass is 10.5. The summed E-state index contributed by atoms with van der Waals surface area (Å²) in [5.74, 6) is 0. The quantitative estimate of drug-likeness (QED) is 0.477. The van der Waals surface area contributed by atoms with Gasteiger partial charge in [-0.1, -0.05) is 6.08 Å². The summed E-state index contributed by atoms with van der Waals surface area (Å²) >= 11 is 1.70. The van der Waals surface area contributed by atoms with Crippen LogP contribution < -0.4 is 0 Å². The van der Waals surface area contributed by atoms with Crippen molar-refractivity contribution >= 4 is 11.8 Å². The molecule has 0 aliphatic heterocycles. The first-order valence-electron chi connectivity index (χ1n) is 1.79. The molecule has 6 heavy (non-hydrogen) atoms. The molecule has 0 N–H and O–H groups in total. The molecule has 0 saturated heterocycles. The molecule has 0 bridgehead atoms. The molecule has 0 spiro atoms. The highest BCUT2D eigenvalue weighted by Gasteiger charge is 1.84. The summed E-state index contributed by atoms with van der Waals surface area (Å²) < 4.78 is 0. The van der Waals surface area contributed by atoms with E-state index in [1.54, 1.807) is 11.8 Å². The molecule has 0 aliphatic carbocycles. The van der Waals surface area contributed by atoms with Crippen LogP contribution in [0.1, 0.15) is 0 Å². The van der Waals surface area contributed by atoms with Crippen LogP contribution in [0.25, 0.3) is 0 Å². The summed E-state index contributed by atoms with van der Waals surface area (Å²) in [6.45, 7) is 7.27. The Hall–Kier alpha value is 0.0900. The molecule has 35 valence electrons. The van der Waals surface area contributed by atoms with Crippen LogP contribution in [0.4, 0.5) is 0 Å². The van der Waals surface area contributed by atoms with E-state index in [1.807, 2.05) is 12.3 Å². The standard InChI is InChI=1S/C5H9S/c1-4-5(2)6-3/h4-5H,1-2H2,3H3. The topological polar surface area (TPSA) is 0 Å². The monoisotopic (exact) mass is 101 g/mol. The number of hydrogen-bond donors (Lipinski definition) is 0. The molecule has 0 rings (SSSR count). The second-order valence-corrected chi connectivity index (χ2v) is 2.09. The van der Waals surface area contributed by atoms with Gasteiger partial charge in [0, 0.05) is 5.25 Å². The largest absolute Gasteiger partial charge is 0.158 e. The SMILES string of the molecule is [CH2]C(C=C)SC. The molecular weight excluding hydrogens is 92.1 g/mol. The van der Waals surface area contributed by atoms with Crippen molar-refractivity contribution in [1.29, 1.82) is 0 Å². The molecule has 0 aliphatic rings. The van der Waals surface area contributed by atoms with Gasteiger partial charge in [-0.3, -0.25) is 0 Å². The van der Waals surface area contributed by atoms with Gasteiger partial charge < -0.3 is 0 Å². The van der Waals surface area contributed by atoms with Gasteiger partial charge in [-0.05, 0) is 13.2 Å². The predicted molar refractivity (Wildman–Crippen MR) is 32.9 cm³/mol. The Morgan fingerprint density at radius 2 is 2.33 bits per heavy atom. The Morgan fingerprint density at radius 1 is 1.83 bits per heavy atom. The van der Waals surface area contributed by atoms with E-state index in [-0.39, 0.29) is 0 Å². The predicted octanol–water partition coefficient (Wildman–Crippen LogP) is 1.74. The summed E-state index contributed by atoms with van der Waals surface area (Å²) in [5, 5.41) is 0.366. The fourth-order valence-corrected chi connectivity index (χ4v) is 0.289. The number of rotatable bonds is 2. The molecule has 0 fully saturated rings. The summed E-state index contributed by atoms with van der Waals surface area (Å²) in [7, 11) is 0. The molecule has 1 radical (unpaired) electrons. The second kappa shape index (κ2) is 3.29. The molecule has 0 amide bonds. The summed E-state index contributed by atoms with van der Waals surface area (Å²) in [6.07, 6.45) is 3.84. The molecule has 0 aromatic carbocycles. The Balaban J connectivity index is 2.96. The van der Waals surface area contributed by atoms with Crippen molar-refractivity contribution in [3.8, 4) is 0 Å². The van der Waals surface area contributed by atoms with Crippen LogP contribution >= 0.6 is 11.8 Å². The molecule has 1 atom stereocenters. The van der Waals surface area contributed by atoms with Gasteiger partial charge in [0.1, 0.15) is 0 Å². The van der Waals surface area contributed by atoms with Crippen molar-refractivity contribution in [3.63, 3.8) is 0 Å². The Bertz CT molecular complexity index is 41.2. The van der Waals surface area contributed by atoms with E-state index >= 15 is 0 Å². The lowest BCUT2D eigenvalue weighted by Gasteiger charge is -1.93. The van der Waals surface area contributed by atoms with E-state index in [2.05, 4.69) is 13.5 Å². The van der Waals surface area contributed by atoms with Crippen molar-refractivity contribution in [3.05, 3.63) is 19.6 Å². The summed E-state index contributed by atoms with van der Waals surface area (Å²) in [5.41, 5.74) is 0. The van der Waals surface area contributed by atoms with E-state index in [0.717, 1.165) is 0 Å². The highest BCUT2D eigenvalue weighted by atomic mass is 32.2. The van der Waals surface area contributed by atoms with Crippen molar-refractivity contribution in [2.24, 2.45) is 0 Å². The van der Waals surface area contributed by atoms with Crippen LogP contribution in [-0.2, 0) is 0 Å². The second-order valence-electron chi connectivity index (χ2n) is 1.01. The zero-order chi connectivity index (χ0) is 4.99. The third-order valence-electron chi connectivity index (χ3n) is 0.566. The van der Waals surface area contributed by atoms with Crippen LogP contribution in [0.2, 0.25) is 0 Å². The van der Waals surface area contributed by atoms with Gasteiger partial charge in [0.15, 0.2) is 0 Å².